The number of aliphatic carboxylic acids is 1. The minimum atomic E-state index is -1.28. The normalized spacial score (nSPS) is 14.1. The zero-order valence-electron chi connectivity index (χ0n) is 11.1. The molecule has 0 fully saturated rings. The molecule has 120 valence electrons. The molecule has 2 atom stereocenters. The van der Waals surface area contributed by atoms with Crippen LogP contribution >= 0.6 is 12.6 Å². The number of nitrogens with two attached hydrogens (primary N) is 2. The van der Waals surface area contributed by atoms with Gasteiger partial charge in [0.2, 0.25) is 12.5 Å². The number of nitro groups is 1. The van der Waals surface area contributed by atoms with Crippen molar-refractivity contribution in [3.05, 3.63) is 10.1 Å². The molecule has 12 heteroatoms. The zero-order valence-corrected chi connectivity index (χ0v) is 12.0. The Morgan fingerprint density at radius 2 is 2.05 bits per heavy atom. The van der Waals surface area contributed by atoms with Gasteiger partial charge < -0.3 is 16.6 Å². The third kappa shape index (κ3) is 8.65. The number of nitrogens with one attached hydrogen (secondary N) is 2. The number of thiol groups is 1. The lowest BCUT2D eigenvalue weighted by molar-refractivity contribution is -0.480. The molecule has 0 heterocycles. The Labute approximate surface area is 125 Å². The van der Waals surface area contributed by atoms with Crippen molar-refractivity contribution in [3.63, 3.8) is 0 Å². The van der Waals surface area contributed by atoms with E-state index in [1.165, 1.54) is 0 Å². The van der Waals surface area contributed by atoms with Crippen LogP contribution in [0.1, 0.15) is 12.8 Å². The SMILES string of the molecule is NC(=NC(CCC[N+](=O)[O-])C(=O)O)NNC(=O)C(N)CS. The van der Waals surface area contributed by atoms with Crippen LogP contribution in [0.5, 0.6) is 0 Å². The fourth-order valence-corrected chi connectivity index (χ4v) is 1.32. The Morgan fingerprint density at radius 1 is 1.43 bits per heavy atom. The zero-order chi connectivity index (χ0) is 16.4. The number of rotatable bonds is 8. The fraction of sp³-hybridized carbons (Fsp3) is 0.667. The van der Waals surface area contributed by atoms with Crippen LogP contribution in [0.15, 0.2) is 4.99 Å². The van der Waals surface area contributed by atoms with Gasteiger partial charge in [0, 0.05) is 17.1 Å². The highest BCUT2D eigenvalue weighted by Crippen LogP contribution is 2.02. The second kappa shape index (κ2) is 9.77. The number of aliphatic imine (C=N–C) groups is 1. The average Bonchev–Trinajstić information content (AvgIpc) is 2.42. The molecule has 2 unspecified atom stereocenters. The summed E-state index contributed by atoms with van der Waals surface area (Å²) in [7, 11) is 0. The van der Waals surface area contributed by atoms with Crippen molar-refractivity contribution in [2.75, 3.05) is 12.3 Å². The number of amides is 1. The summed E-state index contributed by atoms with van der Waals surface area (Å²) in [5.74, 6) is -2.10. The molecule has 0 aromatic carbocycles. The van der Waals surface area contributed by atoms with Gasteiger partial charge in [-0.15, -0.1) is 0 Å². The topological polar surface area (TPSA) is 186 Å². The quantitative estimate of drug-likeness (QED) is 0.0945. The van der Waals surface area contributed by atoms with Crippen LogP contribution in [0.2, 0.25) is 0 Å². The summed E-state index contributed by atoms with van der Waals surface area (Å²) in [6.45, 7) is -0.361. The Balaban J connectivity index is 4.41. The van der Waals surface area contributed by atoms with Gasteiger partial charge in [-0.25, -0.2) is 9.79 Å². The molecule has 0 radical (unpaired) electrons. The molecule has 0 rings (SSSR count). The summed E-state index contributed by atoms with van der Waals surface area (Å²) >= 11 is 3.83. The van der Waals surface area contributed by atoms with Crippen molar-refractivity contribution in [1.82, 2.24) is 10.9 Å². The highest BCUT2D eigenvalue weighted by atomic mass is 32.1. The maximum Gasteiger partial charge on any atom is 0.328 e. The van der Waals surface area contributed by atoms with Crippen molar-refractivity contribution in [2.45, 2.75) is 24.9 Å². The number of carbonyl (C=O) groups excluding carboxylic acids is 1. The maximum absolute atomic E-state index is 11.3. The van der Waals surface area contributed by atoms with Gasteiger partial charge in [0.05, 0.1) is 6.04 Å². The highest BCUT2D eigenvalue weighted by Gasteiger charge is 2.18. The maximum atomic E-state index is 11.3. The average molecular weight is 322 g/mol. The van der Waals surface area contributed by atoms with Gasteiger partial charge in [-0.1, -0.05) is 0 Å². The van der Waals surface area contributed by atoms with E-state index in [-0.39, 0.29) is 31.1 Å². The van der Waals surface area contributed by atoms with E-state index in [0.29, 0.717) is 0 Å². The van der Waals surface area contributed by atoms with Crippen LogP contribution < -0.4 is 22.3 Å². The molecule has 0 saturated carbocycles. The van der Waals surface area contributed by atoms with Crippen molar-refractivity contribution in [3.8, 4) is 0 Å². The number of carboxylic acids is 1. The van der Waals surface area contributed by atoms with Crippen molar-refractivity contribution in [2.24, 2.45) is 16.5 Å². The Bertz CT molecular complexity index is 417. The van der Waals surface area contributed by atoms with Crippen molar-refractivity contribution < 1.29 is 19.6 Å². The van der Waals surface area contributed by atoms with E-state index in [4.69, 9.17) is 16.6 Å². The highest BCUT2D eigenvalue weighted by molar-refractivity contribution is 7.80. The number of carbonyl (C=O) groups is 2. The third-order valence-corrected chi connectivity index (χ3v) is 2.64. The molecule has 11 nitrogen and oxygen atoms in total. The van der Waals surface area contributed by atoms with Crippen molar-refractivity contribution >= 4 is 30.5 Å². The number of hydrazine groups is 1. The summed E-state index contributed by atoms with van der Waals surface area (Å²) in [5.41, 5.74) is 15.1. The van der Waals surface area contributed by atoms with E-state index >= 15 is 0 Å². The largest absolute Gasteiger partial charge is 0.480 e. The first-order chi connectivity index (χ1) is 9.77. The van der Waals surface area contributed by atoms with Crippen LogP contribution in [0.4, 0.5) is 0 Å². The molecule has 0 aliphatic rings. The van der Waals surface area contributed by atoms with Crippen molar-refractivity contribution in [1.29, 1.82) is 0 Å². The molecule has 1 amide bonds. The summed E-state index contributed by atoms with van der Waals surface area (Å²) in [4.78, 5) is 35.4. The molecule has 0 aliphatic carbocycles. The number of nitrogens with zero attached hydrogens (tertiary/aromatic N) is 2. The van der Waals surface area contributed by atoms with E-state index in [0.717, 1.165) is 0 Å². The lowest BCUT2D eigenvalue weighted by Crippen LogP contribution is -2.52. The van der Waals surface area contributed by atoms with Gasteiger partial charge >= 0.3 is 5.97 Å². The summed E-state index contributed by atoms with van der Waals surface area (Å²) in [6, 6.07) is -2.10. The summed E-state index contributed by atoms with van der Waals surface area (Å²) in [5, 5.41) is 19.1. The van der Waals surface area contributed by atoms with Crippen LogP contribution in [-0.4, -0.2) is 52.2 Å². The summed E-state index contributed by atoms with van der Waals surface area (Å²) in [6.07, 6.45) is -0.0135. The molecule has 21 heavy (non-hydrogen) atoms. The molecule has 0 spiro atoms. The third-order valence-electron chi connectivity index (χ3n) is 2.25. The van der Waals surface area contributed by atoms with E-state index in [1.54, 1.807) is 0 Å². The molecule has 0 aliphatic heterocycles. The first-order valence-electron chi connectivity index (χ1n) is 5.88. The second-order valence-electron chi connectivity index (χ2n) is 3.97. The standard InChI is InChI=1S/C9H18N6O5S/c10-5(4-21)7(16)13-14-9(11)12-6(8(17)18)2-1-3-15(19)20/h5-6,21H,1-4,10H2,(H,13,16)(H,17,18)(H3,11,12,14). The molecular weight excluding hydrogens is 304 g/mol. The van der Waals surface area contributed by atoms with Crippen LogP contribution in [-0.2, 0) is 9.59 Å². The number of hydrogen-bond acceptors (Lipinski definition) is 7. The summed E-state index contributed by atoms with van der Waals surface area (Å²) < 4.78 is 0. The van der Waals surface area contributed by atoms with E-state index in [9.17, 15) is 19.7 Å². The number of guanidine groups is 1. The molecule has 0 bridgehead atoms. The number of hydrogen-bond donors (Lipinski definition) is 6. The van der Waals surface area contributed by atoms with Crippen LogP contribution in [0, 0.1) is 10.1 Å². The first kappa shape index (κ1) is 18.9. The van der Waals surface area contributed by atoms with Crippen LogP contribution in [0.3, 0.4) is 0 Å². The van der Waals surface area contributed by atoms with Gasteiger partial charge in [-0.3, -0.25) is 25.8 Å². The predicted molar refractivity (Wildman–Crippen MR) is 77.2 cm³/mol. The minimum absolute atomic E-state index is 0.0393. The van der Waals surface area contributed by atoms with Gasteiger partial charge in [0.1, 0.15) is 0 Å². The Hall–Kier alpha value is -2.08. The van der Waals surface area contributed by atoms with E-state index in [1.807, 2.05) is 0 Å². The second-order valence-corrected chi connectivity index (χ2v) is 4.34. The lowest BCUT2D eigenvalue weighted by Gasteiger charge is -2.12. The minimum Gasteiger partial charge on any atom is -0.480 e. The predicted octanol–water partition coefficient (Wildman–Crippen LogP) is -2.31. The van der Waals surface area contributed by atoms with E-state index in [2.05, 4.69) is 28.5 Å². The van der Waals surface area contributed by atoms with Crippen LogP contribution in [0.25, 0.3) is 0 Å². The first-order valence-corrected chi connectivity index (χ1v) is 6.51. The van der Waals surface area contributed by atoms with Gasteiger partial charge in [-0.2, -0.15) is 12.6 Å². The fourth-order valence-electron chi connectivity index (χ4n) is 1.16. The van der Waals surface area contributed by atoms with E-state index < -0.39 is 28.9 Å². The lowest BCUT2D eigenvalue weighted by atomic mass is 10.1. The number of carboxylic acid groups (broad SMARTS) is 1. The smallest absolute Gasteiger partial charge is 0.328 e. The molecular formula is C9H18N6O5S. The Morgan fingerprint density at radius 3 is 2.52 bits per heavy atom. The van der Waals surface area contributed by atoms with Gasteiger partial charge in [0.25, 0.3) is 5.91 Å². The molecule has 0 aromatic rings. The molecule has 0 saturated heterocycles. The van der Waals surface area contributed by atoms with Gasteiger partial charge in [-0.05, 0) is 6.42 Å². The Kier molecular flexibility index (Phi) is 8.80. The molecule has 7 N–H and O–H groups in total. The monoisotopic (exact) mass is 322 g/mol. The van der Waals surface area contributed by atoms with Gasteiger partial charge in [0.15, 0.2) is 6.04 Å². The molecule has 0 aromatic heterocycles.